The van der Waals surface area contributed by atoms with Crippen molar-refractivity contribution in [2.75, 3.05) is 6.61 Å². The van der Waals surface area contributed by atoms with E-state index in [0.29, 0.717) is 5.92 Å². The van der Waals surface area contributed by atoms with Gasteiger partial charge < -0.3 is 10.1 Å². The van der Waals surface area contributed by atoms with Gasteiger partial charge in [-0.15, -0.1) is 0 Å². The third kappa shape index (κ3) is 4.52. The number of carbonyl (C=O) groups excluding carboxylic acids is 2. The number of nitriles is 1. The number of amides is 1. The molecule has 1 saturated carbocycles. The molecule has 1 aliphatic rings. The molecule has 0 radical (unpaired) electrons. The van der Waals surface area contributed by atoms with Crippen molar-refractivity contribution in [3.05, 3.63) is 35.1 Å². The lowest BCUT2D eigenvalue weighted by molar-refractivity contribution is -0.125. The van der Waals surface area contributed by atoms with Crippen LogP contribution in [-0.4, -0.2) is 24.5 Å². The van der Waals surface area contributed by atoms with E-state index in [-0.39, 0.29) is 23.1 Å². The molecule has 1 fully saturated rings. The van der Waals surface area contributed by atoms with Crippen LogP contribution >= 0.6 is 0 Å². The van der Waals surface area contributed by atoms with Crippen LogP contribution in [-0.2, 0) is 9.53 Å². The highest BCUT2D eigenvalue weighted by molar-refractivity contribution is 5.91. The van der Waals surface area contributed by atoms with Crippen molar-refractivity contribution < 1.29 is 18.7 Å². The molecule has 0 saturated heterocycles. The normalized spacial score (nSPS) is 20.4. The Balaban J connectivity index is 1.86. The van der Waals surface area contributed by atoms with Crippen LogP contribution in [0.15, 0.2) is 18.2 Å². The molecule has 2 rings (SSSR count). The Morgan fingerprint density at radius 2 is 2.13 bits per heavy atom. The fraction of sp³-hybridized carbons (Fsp3) is 0.471. The lowest BCUT2D eigenvalue weighted by Crippen LogP contribution is -2.42. The van der Waals surface area contributed by atoms with Crippen molar-refractivity contribution in [3.63, 3.8) is 0 Å². The second-order valence-electron chi connectivity index (χ2n) is 5.82. The molecule has 1 aromatic carbocycles. The maximum atomic E-state index is 13.7. The van der Waals surface area contributed by atoms with Gasteiger partial charge in [-0.2, -0.15) is 5.26 Å². The summed E-state index contributed by atoms with van der Waals surface area (Å²) >= 11 is 0. The van der Waals surface area contributed by atoms with Gasteiger partial charge in [0.15, 0.2) is 6.61 Å². The van der Waals surface area contributed by atoms with Gasteiger partial charge >= 0.3 is 5.97 Å². The van der Waals surface area contributed by atoms with E-state index in [9.17, 15) is 14.0 Å². The number of carbonyl (C=O) groups is 2. The largest absolute Gasteiger partial charge is 0.452 e. The number of hydrogen-bond acceptors (Lipinski definition) is 4. The zero-order chi connectivity index (χ0) is 16.8. The lowest BCUT2D eigenvalue weighted by atomic mass is 9.86. The Bertz CT molecular complexity index is 639. The first-order valence-corrected chi connectivity index (χ1v) is 7.67. The summed E-state index contributed by atoms with van der Waals surface area (Å²) in [4.78, 5) is 23.7. The molecule has 0 unspecified atom stereocenters. The van der Waals surface area contributed by atoms with Crippen molar-refractivity contribution in [2.45, 2.75) is 38.6 Å². The van der Waals surface area contributed by atoms with Gasteiger partial charge in [0.1, 0.15) is 5.82 Å². The Hall–Kier alpha value is -2.42. The third-order valence-corrected chi connectivity index (χ3v) is 4.11. The molecular formula is C17H19FN2O3. The number of benzene rings is 1. The van der Waals surface area contributed by atoms with Crippen LogP contribution < -0.4 is 5.32 Å². The summed E-state index contributed by atoms with van der Waals surface area (Å²) in [7, 11) is 0. The van der Waals surface area contributed by atoms with E-state index in [2.05, 4.69) is 12.2 Å². The van der Waals surface area contributed by atoms with E-state index >= 15 is 0 Å². The Kier molecular flexibility index (Phi) is 5.69. The van der Waals surface area contributed by atoms with Gasteiger partial charge in [-0.25, -0.2) is 9.18 Å². The monoisotopic (exact) mass is 318 g/mol. The minimum atomic E-state index is -0.918. The van der Waals surface area contributed by atoms with Crippen molar-refractivity contribution >= 4 is 11.9 Å². The molecule has 0 aliphatic heterocycles. The quantitative estimate of drug-likeness (QED) is 0.865. The zero-order valence-electron chi connectivity index (χ0n) is 13.0. The van der Waals surface area contributed by atoms with Crippen molar-refractivity contribution in [1.82, 2.24) is 5.32 Å². The molecule has 1 aromatic rings. The van der Waals surface area contributed by atoms with E-state index in [4.69, 9.17) is 10.00 Å². The summed E-state index contributed by atoms with van der Waals surface area (Å²) < 4.78 is 18.5. The maximum absolute atomic E-state index is 13.7. The molecular weight excluding hydrogens is 299 g/mol. The third-order valence-electron chi connectivity index (χ3n) is 4.11. The fourth-order valence-electron chi connectivity index (χ4n) is 2.74. The number of halogens is 1. The van der Waals surface area contributed by atoms with Crippen LogP contribution in [0.3, 0.4) is 0 Å². The molecule has 1 aliphatic carbocycles. The number of esters is 1. The lowest BCUT2D eigenvalue weighted by Gasteiger charge is -2.29. The molecule has 0 heterocycles. The standard InChI is InChI=1S/C17H19FN2O3/c1-11-4-2-3-5-15(11)20-16(21)10-23-17(22)13-7-6-12(9-19)8-14(13)18/h6-8,11,15H,2-5,10H2,1H3,(H,20,21)/t11-,15+/m0/s1. The van der Waals surface area contributed by atoms with E-state index in [1.165, 1.54) is 18.6 Å². The number of nitrogens with zero attached hydrogens (tertiary/aromatic N) is 1. The molecule has 2 atom stereocenters. The van der Waals surface area contributed by atoms with E-state index in [1.54, 1.807) is 6.07 Å². The number of ether oxygens (including phenoxy) is 1. The second-order valence-corrected chi connectivity index (χ2v) is 5.82. The predicted octanol–water partition coefficient (Wildman–Crippen LogP) is 2.55. The Morgan fingerprint density at radius 1 is 1.39 bits per heavy atom. The average molecular weight is 318 g/mol. The SMILES string of the molecule is C[C@H]1CCCC[C@H]1NC(=O)COC(=O)c1ccc(C#N)cc1F. The second kappa shape index (κ2) is 7.73. The minimum Gasteiger partial charge on any atom is -0.452 e. The van der Waals surface area contributed by atoms with Gasteiger partial charge in [-0.1, -0.05) is 19.8 Å². The molecule has 0 spiro atoms. The summed E-state index contributed by atoms with van der Waals surface area (Å²) in [6, 6.07) is 5.34. The van der Waals surface area contributed by atoms with Gasteiger partial charge in [0.05, 0.1) is 17.2 Å². The van der Waals surface area contributed by atoms with E-state index in [1.807, 2.05) is 0 Å². The van der Waals surface area contributed by atoms with Crippen molar-refractivity contribution in [1.29, 1.82) is 5.26 Å². The molecule has 122 valence electrons. The van der Waals surface area contributed by atoms with Crippen LogP contribution in [0.4, 0.5) is 4.39 Å². The molecule has 1 N–H and O–H groups in total. The first-order valence-electron chi connectivity index (χ1n) is 7.67. The summed E-state index contributed by atoms with van der Waals surface area (Å²) in [5.74, 6) is -1.74. The van der Waals surface area contributed by atoms with Crippen LogP contribution in [0, 0.1) is 23.1 Å². The topological polar surface area (TPSA) is 79.2 Å². The van der Waals surface area contributed by atoms with Gasteiger partial charge in [-0.3, -0.25) is 4.79 Å². The van der Waals surface area contributed by atoms with Crippen LogP contribution in [0.2, 0.25) is 0 Å². The molecule has 0 aromatic heterocycles. The molecule has 23 heavy (non-hydrogen) atoms. The Labute approximate surface area is 134 Å². The summed E-state index contributed by atoms with van der Waals surface area (Å²) in [5, 5.41) is 11.5. The number of hydrogen-bond donors (Lipinski definition) is 1. The average Bonchev–Trinajstić information content (AvgIpc) is 2.54. The Morgan fingerprint density at radius 3 is 2.78 bits per heavy atom. The highest BCUT2D eigenvalue weighted by Crippen LogP contribution is 2.23. The first-order chi connectivity index (χ1) is 11.0. The molecule has 1 amide bonds. The summed E-state index contributed by atoms with van der Waals surface area (Å²) in [6.45, 7) is 1.64. The van der Waals surface area contributed by atoms with Crippen LogP contribution in [0.25, 0.3) is 0 Å². The molecule has 6 heteroatoms. The molecule has 5 nitrogen and oxygen atoms in total. The number of nitrogens with one attached hydrogen (secondary N) is 1. The smallest absolute Gasteiger partial charge is 0.341 e. The highest BCUT2D eigenvalue weighted by Gasteiger charge is 2.23. The fourth-order valence-corrected chi connectivity index (χ4v) is 2.74. The van der Waals surface area contributed by atoms with E-state index < -0.39 is 18.4 Å². The highest BCUT2D eigenvalue weighted by atomic mass is 19.1. The predicted molar refractivity (Wildman–Crippen MR) is 81.0 cm³/mol. The van der Waals surface area contributed by atoms with Gasteiger partial charge in [0, 0.05) is 6.04 Å². The first kappa shape index (κ1) is 16.9. The molecule has 0 bridgehead atoms. The van der Waals surface area contributed by atoms with Crippen LogP contribution in [0.1, 0.15) is 48.5 Å². The van der Waals surface area contributed by atoms with Gasteiger partial charge in [-0.05, 0) is 37.0 Å². The summed E-state index contributed by atoms with van der Waals surface area (Å²) in [6.07, 6.45) is 4.23. The maximum Gasteiger partial charge on any atom is 0.341 e. The zero-order valence-corrected chi connectivity index (χ0v) is 13.0. The van der Waals surface area contributed by atoms with E-state index in [0.717, 1.165) is 25.3 Å². The van der Waals surface area contributed by atoms with Crippen molar-refractivity contribution in [3.8, 4) is 6.07 Å². The van der Waals surface area contributed by atoms with Crippen LogP contribution in [0.5, 0.6) is 0 Å². The van der Waals surface area contributed by atoms with Gasteiger partial charge in [0.2, 0.25) is 0 Å². The minimum absolute atomic E-state index is 0.0987. The number of rotatable bonds is 4. The summed E-state index contributed by atoms with van der Waals surface area (Å²) in [5.41, 5.74) is -0.175. The van der Waals surface area contributed by atoms with Gasteiger partial charge in [0.25, 0.3) is 5.91 Å². The van der Waals surface area contributed by atoms with Crippen molar-refractivity contribution in [2.24, 2.45) is 5.92 Å².